The third-order valence-corrected chi connectivity index (χ3v) is 5.59. The third kappa shape index (κ3) is 4.05. The minimum Gasteiger partial charge on any atom is -0.497 e. The Morgan fingerprint density at radius 1 is 1.00 bits per heavy atom. The van der Waals surface area contributed by atoms with Crippen molar-refractivity contribution < 1.29 is 28.1 Å². The van der Waals surface area contributed by atoms with Crippen LogP contribution in [0.1, 0.15) is 15.9 Å². The molecule has 7 nitrogen and oxygen atoms in total. The van der Waals surface area contributed by atoms with E-state index in [-0.39, 0.29) is 19.2 Å². The van der Waals surface area contributed by atoms with Gasteiger partial charge in [-0.1, -0.05) is 6.07 Å². The molecule has 8 heteroatoms. The van der Waals surface area contributed by atoms with Crippen LogP contribution in [0.2, 0.25) is 0 Å². The normalized spacial score (nSPS) is 12.0. The number of pyridine rings is 1. The Morgan fingerprint density at radius 3 is 2.68 bits per heavy atom. The van der Waals surface area contributed by atoms with Gasteiger partial charge in [-0.3, -0.25) is 4.79 Å². The molecule has 2 heterocycles. The Kier molecular flexibility index (Phi) is 5.63. The first kappa shape index (κ1) is 21.5. The van der Waals surface area contributed by atoms with Gasteiger partial charge in [0.05, 0.1) is 31.0 Å². The van der Waals surface area contributed by atoms with E-state index in [9.17, 15) is 9.18 Å². The van der Waals surface area contributed by atoms with Crippen molar-refractivity contribution in [1.29, 1.82) is 0 Å². The standard InChI is InChI=1S/C26H21FN2O5/c1-31-17-5-6-18(24(11-17)32-2)22-12-20(19-10-16(27)4-7-21(19)29-22)26(30)28-13-15-3-8-23-25(9-15)34-14-33-23/h3-12H,13-14H2,1-2H3,(H,28,30). The average Bonchev–Trinajstić information content (AvgIpc) is 3.34. The maximum atomic E-state index is 14.1. The van der Waals surface area contributed by atoms with Crippen LogP contribution in [0.4, 0.5) is 4.39 Å². The largest absolute Gasteiger partial charge is 0.497 e. The summed E-state index contributed by atoms with van der Waals surface area (Å²) < 4.78 is 35.6. The van der Waals surface area contributed by atoms with Gasteiger partial charge < -0.3 is 24.3 Å². The van der Waals surface area contributed by atoms with Crippen molar-refractivity contribution in [3.63, 3.8) is 0 Å². The fourth-order valence-corrected chi connectivity index (χ4v) is 3.86. The summed E-state index contributed by atoms with van der Waals surface area (Å²) in [6.07, 6.45) is 0. The molecule has 0 radical (unpaired) electrons. The van der Waals surface area contributed by atoms with Gasteiger partial charge >= 0.3 is 0 Å². The molecule has 4 aromatic rings. The maximum Gasteiger partial charge on any atom is 0.252 e. The molecule has 0 unspecified atom stereocenters. The number of benzene rings is 3. The van der Waals surface area contributed by atoms with E-state index in [1.807, 2.05) is 18.2 Å². The minimum absolute atomic E-state index is 0.178. The smallest absolute Gasteiger partial charge is 0.252 e. The van der Waals surface area contributed by atoms with Crippen LogP contribution in [-0.4, -0.2) is 31.9 Å². The Labute approximate surface area is 195 Å². The summed E-state index contributed by atoms with van der Waals surface area (Å²) in [5, 5.41) is 3.32. The van der Waals surface area contributed by atoms with Gasteiger partial charge in [0.2, 0.25) is 6.79 Å². The molecule has 0 aliphatic carbocycles. The lowest BCUT2D eigenvalue weighted by molar-refractivity contribution is 0.0952. The number of amides is 1. The molecule has 1 aliphatic rings. The maximum absolute atomic E-state index is 14.1. The van der Waals surface area contributed by atoms with E-state index in [0.717, 1.165) is 5.56 Å². The molecule has 1 N–H and O–H groups in total. The van der Waals surface area contributed by atoms with Gasteiger partial charge in [-0.15, -0.1) is 0 Å². The molecule has 0 bridgehead atoms. The average molecular weight is 460 g/mol. The van der Waals surface area contributed by atoms with Crippen molar-refractivity contribution in [2.75, 3.05) is 21.0 Å². The first-order valence-corrected chi connectivity index (χ1v) is 10.5. The fourth-order valence-electron chi connectivity index (χ4n) is 3.86. The molecule has 3 aromatic carbocycles. The van der Waals surface area contributed by atoms with Crippen LogP contribution < -0.4 is 24.3 Å². The number of nitrogens with one attached hydrogen (secondary N) is 1. The zero-order valence-corrected chi connectivity index (χ0v) is 18.6. The quantitative estimate of drug-likeness (QED) is 0.449. The Balaban J connectivity index is 1.52. The van der Waals surface area contributed by atoms with Crippen molar-refractivity contribution in [3.05, 3.63) is 77.6 Å². The number of carbonyl (C=O) groups excluding carboxylic acids is 1. The van der Waals surface area contributed by atoms with E-state index in [0.29, 0.717) is 50.7 Å². The molecule has 0 saturated heterocycles. The van der Waals surface area contributed by atoms with Crippen LogP contribution in [0.5, 0.6) is 23.0 Å². The molecule has 1 aromatic heterocycles. The summed E-state index contributed by atoms with van der Waals surface area (Å²) in [5.41, 5.74) is 2.84. The molecule has 1 aliphatic heterocycles. The highest BCUT2D eigenvalue weighted by atomic mass is 19.1. The van der Waals surface area contributed by atoms with Crippen LogP contribution in [0, 0.1) is 5.82 Å². The Bertz CT molecular complexity index is 1410. The molecule has 0 saturated carbocycles. The number of carbonyl (C=O) groups is 1. The summed E-state index contributed by atoms with van der Waals surface area (Å²) in [5.74, 6) is 1.67. The lowest BCUT2D eigenvalue weighted by Gasteiger charge is -2.14. The second-order valence-electron chi connectivity index (χ2n) is 7.65. The fraction of sp³-hybridized carbons (Fsp3) is 0.154. The number of hydrogen-bond acceptors (Lipinski definition) is 6. The van der Waals surface area contributed by atoms with Gasteiger partial charge in [-0.05, 0) is 54.1 Å². The topological polar surface area (TPSA) is 78.9 Å². The van der Waals surface area contributed by atoms with Crippen molar-refractivity contribution in [1.82, 2.24) is 10.3 Å². The van der Waals surface area contributed by atoms with Crippen molar-refractivity contribution in [2.24, 2.45) is 0 Å². The number of rotatable bonds is 6. The van der Waals surface area contributed by atoms with Crippen LogP contribution in [0.25, 0.3) is 22.2 Å². The predicted octanol–water partition coefficient (Wildman–Crippen LogP) is 4.72. The second kappa shape index (κ2) is 8.90. The molecule has 34 heavy (non-hydrogen) atoms. The monoisotopic (exact) mass is 460 g/mol. The van der Waals surface area contributed by atoms with Gasteiger partial charge in [0.25, 0.3) is 5.91 Å². The number of hydrogen-bond donors (Lipinski definition) is 1. The summed E-state index contributed by atoms with van der Waals surface area (Å²) in [4.78, 5) is 17.9. The molecule has 0 spiro atoms. The lowest BCUT2D eigenvalue weighted by atomic mass is 10.0. The van der Waals surface area contributed by atoms with E-state index in [4.69, 9.17) is 18.9 Å². The SMILES string of the molecule is COc1ccc(-c2cc(C(=O)NCc3ccc4c(c3)OCO4)c3cc(F)ccc3n2)c(OC)c1. The van der Waals surface area contributed by atoms with Crippen molar-refractivity contribution in [2.45, 2.75) is 6.54 Å². The zero-order chi connectivity index (χ0) is 23.7. The first-order chi connectivity index (χ1) is 16.6. The van der Waals surface area contributed by atoms with E-state index >= 15 is 0 Å². The number of aromatic nitrogens is 1. The molecule has 172 valence electrons. The lowest BCUT2D eigenvalue weighted by Crippen LogP contribution is -2.23. The first-order valence-electron chi connectivity index (χ1n) is 10.5. The van der Waals surface area contributed by atoms with Crippen molar-refractivity contribution in [3.8, 4) is 34.3 Å². The number of ether oxygens (including phenoxy) is 4. The summed E-state index contributed by atoms with van der Waals surface area (Å²) in [6, 6.07) is 16.6. The predicted molar refractivity (Wildman–Crippen MR) is 124 cm³/mol. The van der Waals surface area contributed by atoms with E-state index in [2.05, 4.69) is 10.3 Å². The third-order valence-electron chi connectivity index (χ3n) is 5.59. The van der Waals surface area contributed by atoms with Gasteiger partial charge in [0.15, 0.2) is 11.5 Å². The number of nitrogens with zero attached hydrogens (tertiary/aromatic N) is 1. The molecule has 0 fully saturated rings. The summed E-state index contributed by atoms with van der Waals surface area (Å²) in [7, 11) is 3.12. The van der Waals surface area contributed by atoms with Crippen LogP contribution in [-0.2, 0) is 6.54 Å². The van der Waals surface area contributed by atoms with E-state index in [1.165, 1.54) is 12.1 Å². The van der Waals surface area contributed by atoms with Gasteiger partial charge in [0, 0.05) is 23.6 Å². The number of halogens is 1. The number of fused-ring (bicyclic) bond motifs is 2. The highest BCUT2D eigenvalue weighted by Gasteiger charge is 2.18. The van der Waals surface area contributed by atoms with E-state index < -0.39 is 5.82 Å². The number of methoxy groups -OCH3 is 2. The molecule has 1 amide bonds. The Hall–Kier alpha value is -4.33. The van der Waals surface area contributed by atoms with Gasteiger partial charge in [-0.25, -0.2) is 9.37 Å². The van der Waals surface area contributed by atoms with Gasteiger partial charge in [-0.2, -0.15) is 0 Å². The summed E-state index contributed by atoms with van der Waals surface area (Å²) in [6.45, 7) is 0.438. The molecule has 5 rings (SSSR count). The molecule has 0 atom stereocenters. The van der Waals surface area contributed by atoms with E-state index in [1.54, 1.807) is 44.6 Å². The highest BCUT2D eigenvalue weighted by Crippen LogP contribution is 2.35. The van der Waals surface area contributed by atoms with Crippen molar-refractivity contribution >= 4 is 16.8 Å². The Morgan fingerprint density at radius 2 is 1.85 bits per heavy atom. The molecular weight excluding hydrogens is 439 g/mol. The molecular formula is C26H21FN2O5. The van der Waals surface area contributed by atoms with Crippen LogP contribution in [0.15, 0.2) is 60.7 Å². The van der Waals surface area contributed by atoms with Crippen LogP contribution in [0.3, 0.4) is 0 Å². The van der Waals surface area contributed by atoms with Crippen LogP contribution >= 0.6 is 0 Å². The van der Waals surface area contributed by atoms with Gasteiger partial charge in [0.1, 0.15) is 17.3 Å². The summed E-state index contributed by atoms with van der Waals surface area (Å²) >= 11 is 0. The minimum atomic E-state index is -0.450. The highest BCUT2D eigenvalue weighted by molar-refractivity contribution is 6.07. The zero-order valence-electron chi connectivity index (χ0n) is 18.6. The second-order valence-corrected chi connectivity index (χ2v) is 7.65.